The van der Waals surface area contributed by atoms with E-state index in [-0.39, 0.29) is 10.8 Å². The Morgan fingerprint density at radius 3 is 2.12 bits per heavy atom. The van der Waals surface area contributed by atoms with Crippen molar-refractivity contribution in [3.8, 4) is 0 Å². The van der Waals surface area contributed by atoms with Crippen molar-refractivity contribution in [3.05, 3.63) is 93.0 Å². The quantitative estimate of drug-likeness (QED) is 0.395. The van der Waals surface area contributed by atoms with Crippen LogP contribution in [-0.2, 0) is 14.8 Å². The molecule has 0 bridgehead atoms. The number of nitrogens with one attached hydrogen (secondary N) is 2. The van der Waals surface area contributed by atoms with Gasteiger partial charge in [0, 0.05) is 21.8 Å². The summed E-state index contributed by atoms with van der Waals surface area (Å²) in [6.07, 6.45) is 2.91. The van der Waals surface area contributed by atoms with Crippen molar-refractivity contribution >= 4 is 56.6 Å². The second-order valence-electron chi connectivity index (χ2n) is 7.39. The molecule has 3 aromatic rings. The lowest BCUT2D eigenvalue weighted by atomic mass is 10.1. The smallest absolute Gasteiger partial charge is 0.261 e. The minimum atomic E-state index is -3.77. The molecule has 0 aromatic heterocycles. The molecular weight excluding hydrogens is 467 g/mol. The van der Waals surface area contributed by atoms with Gasteiger partial charge < -0.3 is 5.32 Å². The first-order valence-corrected chi connectivity index (χ1v) is 11.9. The van der Waals surface area contributed by atoms with E-state index in [1.807, 2.05) is 32.9 Å². The molecule has 0 aliphatic heterocycles. The number of carbonyl (C=O) groups excluding carboxylic acids is 1. The lowest BCUT2D eigenvalue weighted by molar-refractivity contribution is -0.111. The highest BCUT2D eigenvalue weighted by Crippen LogP contribution is 2.26. The first-order valence-electron chi connectivity index (χ1n) is 9.70. The number of rotatable bonds is 6. The molecule has 0 saturated heterocycles. The molecular formula is C24H22Cl2N2O3S. The van der Waals surface area contributed by atoms with Gasteiger partial charge in [-0.05, 0) is 79.9 Å². The summed E-state index contributed by atoms with van der Waals surface area (Å²) in [5.41, 5.74) is 4.45. The summed E-state index contributed by atoms with van der Waals surface area (Å²) in [7, 11) is -3.77. The summed E-state index contributed by atoms with van der Waals surface area (Å²) >= 11 is 12.0. The van der Waals surface area contributed by atoms with Crippen LogP contribution in [0.15, 0.2) is 65.6 Å². The van der Waals surface area contributed by atoms with E-state index in [0.29, 0.717) is 27.0 Å². The topological polar surface area (TPSA) is 75.3 Å². The number of benzene rings is 3. The van der Waals surface area contributed by atoms with Crippen LogP contribution in [0.25, 0.3) is 6.08 Å². The van der Waals surface area contributed by atoms with Crippen LogP contribution < -0.4 is 10.0 Å². The molecule has 8 heteroatoms. The average Bonchev–Trinajstić information content (AvgIpc) is 2.70. The SMILES string of the molecule is Cc1cc(C)c(NS(=O)(=O)c2ccc(NC(=O)C=Cc3ccc(Cl)cc3Cl)cc2)c(C)c1. The fraction of sp³-hybridized carbons (Fsp3) is 0.125. The van der Waals surface area contributed by atoms with Crippen LogP contribution >= 0.6 is 23.2 Å². The molecule has 3 aromatic carbocycles. The Kier molecular flexibility index (Phi) is 7.29. The first-order chi connectivity index (χ1) is 15.0. The number of sulfonamides is 1. The summed E-state index contributed by atoms with van der Waals surface area (Å²) in [5.74, 6) is -0.379. The number of halogens is 2. The zero-order valence-electron chi connectivity index (χ0n) is 17.7. The molecule has 3 rings (SSSR count). The van der Waals surface area contributed by atoms with Crippen molar-refractivity contribution in [2.45, 2.75) is 25.7 Å². The maximum absolute atomic E-state index is 12.8. The van der Waals surface area contributed by atoms with Crippen LogP contribution in [0.3, 0.4) is 0 Å². The van der Waals surface area contributed by atoms with Gasteiger partial charge in [0.25, 0.3) is 10.0 Å². The van der Waals surface area contributed by atoms with E-state index in [2.05, 4.69) is 10.0 Å². The molecule has 0 spiro atoms. The van der Waals surface area contributed by atoms with Crippen LogP contribution in [0, 0.1) is 20.8 Å². The van der Waals surface area contributed by atoms with E-state index < -0.39 is 10.0 Å². The van der Waals surface area contributed by atoms with Gasteiger partial charge in [-0.15, -0.1) is 0 Å². The molecule has 2 N–H and O–H groups in total. The Morgan fingerprint density at radius 1 is 0.906 bits per heavy atom. The van der Waals surface area contributed by atoms with Crippen molar-refractivity contribution in [1.82, 2.24) is 0 Å². The van der Waals surface area contributed by atoms with Crippen LogP contribution in [0.4, 0.5) is 11.4 Å². The molecule has 1 amide bonds. The van der Waals surface area contributed by atoms with E-state index >= 15 is 0 Å². The van der Waals surface area contributed by atoms with Crippen LogP contribution in [0.1, 0.15) is 22.3 Å². The highest BCUT2D eigenvalue weighted by atomic mass is 35.5. The molecule has 0 atom stereocenters. The second-order valence-corrected chi connectivity index (χ2v) is 9.92. The number of amides is 1. The van der Waals surface area contributed by atoms with Gasteiger partial charge in [-0.2, -0.15) is 0 Å². The third kappa shape index (κ3) is 5.91. The number of carbonyl (C=O) groups is 1. The van der Waals surface area contributed by atoms with Crippen molar-refractivity contribution in [2.24, 2.45) is 0 Å². The van der Waals surface area contributed by atoms with Gasteiger partial charge in [0.05, 0.1) is 10.6 Å². The van der Waals surface area contributed by atoms with Gasteiger partial charge in [-0.25, -0.2) is 8.42 Å². The van der Waals surface area contributed by atoms with E-state index in [9.17, 15) is 13.2 Å². The number of hydrogen-bond acceptors (Lipinski definition) is 3. The predicted molar refractivity (Wildman–Crippen MR) is 132 cm³/mol. The predicted octanol–water partition coefficient (Wildman–Crippen LogP) is 6.37. The first kappa shape index (κ1) is 23.9. The van der Waals surface area contributed by atoms with Gasteiger partial charge in [0.2, 0.25) is 5.91 Å². The van der Waals surface area contributed by atoms with Crippen molar-refractivity contribution in [1.29, 1.82) is 0 Å². The minimum absolute atomic E-state index is 0.0957. The largest absolute Gasteiger partial charge is 0.323 e. The van der Waals surface area contributed by atoms with Gasteiger partial charge in [0.1, 0.15) is 0 Å². The molecule has 0 saturated carbocycles. The van der Waals surface area contributed by atoms with E-state index in [4.69, 9.17) is 23.2 Å². The normalized spacial score (nSPS) is 11.5. The van der Waals surface area contributed by atoms with Gasteiger partial charge in [-0.3, -0.25) is 9.52 Å². The summed E-state index contributed by atoms with van der Waals surface area (Å²) in [4.78, 5) is 12.3. The Balaban J connectivity index is 1.70. The lowest BCUT2D eigenvalue weighted by Gasteiger charge is -2.14. The van der Waals surface area contributed by atoms with E-state index in [1.54, 1.807) is 24.3 Å². The third-order valence-electron chi connectivity index (χ3n) is 4.72. The molecule has 0 aliphatic rings. The molecule has 0 unspecified atom stereocenters. The zero-order chi connectivity index (χ0) is 23.5. The summed E-state index contributed by atoms with van der Waals surface area (Å²) in [5, 5.41) is 3.63. The van der Waals surface area contributed by atoms with Gasteiger partial charge in [0.15, 0.2) is 0 Å². The van der Waals surface area contributed by atoms with E-state index in [0.717, 1.165) is 16.7 Å². The molecule has 0 aliphatic carbocycles. The maximum Gasteiger partial charge on any atom is 0.261 e. The maximum atomic E-state index is 12.8. The Bertz CT molecular complexity index is 1280. The standard InChI is InChI=1S/C24H22Cl2N2O3S/c1-15-12-16(2)24(17(3)13-15)28-32(30,31)21-9-7-20(8-10-21)27-23(29)11-5-18-4-6-19(25)14-22(18)26/h4-14,28H,1-3H3,(H,27,29). The Labute approximate surface area is 198 Å². The Morgan fingerprint density at radius 2 is 1.53 bits per heavy atom. The second kappa shape index (κ2) is 9.77. The van der Waals surface area contributed by atoms with Gasteiger partial charge in [-0.1, -0.05) is 47.0 Å². The van der Waals surface area contributed by atoms with Crippen molar-refractivity contribution < 1.29 is 13.2 Å². The van der Waals surface area contributed by atoms with Crippen LogP contribution in [0.5, 0.6) is 0 Å². The zero-order valence-corrected chi connectivity index (χ0v) is 20.1. The highest BCUT2D eigenvalue weighted by molar-refractivity contribution is 7.92. The minimum Gasteiger partial charge on any atom is -0.323 e. The summed E-state index contributed by atoms with van der Waals surface area (Å²) < 4.78 is 28.3. The Hall–Kier alpha value is -2.80. The number of aryl methyl sites for hydroxylation is 3. The number of hydrogen-bond donors (Lipinski definition) is 2. The average molecular weight is 489 g/mol. The third-order valence-corrected chi connectivity index (χ3v) is 6.65. The van der Waals surface area contributed by atoms with Crippen molar-refractivity contribution in [3.63, 3.8) is 0 Å². The fourth-order valence-electron chi connectivity index (χ4n) is 3.24. The van der Waals surface area contributed by atoms with Gasteiger partial charge >= 0.3 is 0 Å². The molecule has 5 nitrogen and oxygen atoms in total. The molecule has 0 heterocycles. The fourth-order valence-corrected chi connectivity index (χ4v) is 4.91. The number of anilines is 2. The van der Waals surface area contributed by atoms with Crippen molar-refractivity contribution in [2.75, 3.05) is 10.0 Å². The monoisotopic (exact) mass is 488 g/mol. The molecule has 0 radical (unpaired) electrons. The summed E-state index contributed by atoms with van der Waals surface area (Å²) in [6, 6.07) is 14.8. The molecule has 0 fully saturated rings. The molecule has 32 heavy (non-hydrogen) atoms. The van der Waals surface area contributed by atoms with Crippen LogP contribution in [-0.4, -0.2) is 14.3 Å². The molecule has 166 valence electrons. The van der Waals surface area contributed by atoms with E-state index in [1.165, 1.54) is 30.3 Å². The highest BCUT2D eigenvalue weighted by Gasteiger charge is 2.17. The van der Waals surface area contributed by atoms with Crippen LogP contribution in [0.2, 0.25) is 10.0 Å². The summed E-state index contributed by atoms with van der Waals surface area (Å²) in [6.45, 7) is 5.69. The lowest BCUT2D eigenvalue weighted by Crippen LogP contribution is -2.15.